The maximum atomic E-state index is 12.0. The van der Waals surface area contributed by atoms with E-state index >= 15 is 0 Å². The van der Waals surface area contributed by atoms with Crippen molar-refractivity contribution in [1.82, 2.24) is 14.8 Å². The van der Waals surface area contributed by atoms with Crippen LogP contribution in [0.2, 0.25) is 0 Å². The average molecular weight is 338 g/mol. The Hall–Kier alpha value is -3.19. The maximum Gasteiger partial charge on any atom is 0.251 e. The Morgan fingerprint density at radius 3 is 2.84 bits per heavy atom. The van der Waals surface area contributed by atoms with Gasteiger partial charge >= 0.3 is 0 Å². The quantitative estimate of drug-likeness (QED) is 0.716. The van der Waals surface area contributed by atoms with Crippen molar-refractivity contribution in [3.8, 4) is 11.4 Å². The standard InChI is InChI=1S/C18H18N4O3/c1-24-16-4-2-3-14(11-16)12-25-13-18(23)20-17-7-10-22(21-17)15-5-8-19-9-6-15/h2-11H,12-13H2,1H3,(H,20,21,23). The molecule has 0 atom stereocenters. The molecule has 1 amide bonds. The van der Waals surface area contributed by atoms with Crippen LogP contribution in [0, 0.1) is 0 Å². The number of methoxy groups -OCH3 is 1. The van der Waals surface area contributed by atoms with Gasteiger partial charge in [0.15, 0.2) is 5.82 Å². The lowest BCUT2D eigenvalue weighted by molar-refractivity contribution is -0.121. The summed E-state index contributed by atoms with van der Waals surface area (Å²) < 4.78 is 12.2. The molecule has 0 aliphatic carbocycles. The van der Waals surface area contributed by atoms with E-state index in [1.165, 1.54) is 0 Å². The van der Waals surface area contributed by atoms with Crippen molar-refractivity contribution in [2.45, 2.75) is 6.61 Å². The predicted octanol–water partition coefficient (Wildman–Crippen LogP) is 2.43. The molecule has 2 heterocycles. The lowest BCUT2D eigenvalue weighted by atomic mass is 10.2. The zero-order valence-electron chi connectivity index (χ0n) is 13.8. The van der Waals surface area contributed by atoms with Crippen molar-refractivity contribution in [3.05, 3.63) is 66.6 Å². The molecule has 0 spiro atoms. The number of rotatable bonds is 7. The number of ether oxygens (including phenoxy) is 2. The molecule has 3 rings (SSSR count). The summed E-state index contributed by atoms with van der Waals surface area (Å²) in [6.07, 6.45) is 5.13. The number of nitrogens with one attached hydrogen (secondary N) is 1. The van der Waals surface area contributed by atoms with E-state index in [-0.39, 0.29) is 12.5 Å². The van der Waals surface area contributed by atoms with Crippen LogP contribution in [-0.2, 0) is 16.1 Å². The summed E-state index contributed by atoms with van der Waals surface area (Å²) in [5, 5.41) is 7.00. The number of anilines is 1. The minimum Gasteiger partial charge on any atom is -0.497 e. The molecule has 3 aromatic rings. The molecule has 0 saturated carbocycles. The lowest BCUT2D eigenvalue weighted by Crippen LogP contribution is -2.18. The molecule has 1 aromatic carbocycles. The van der Waals surface area contributed by atoms with Gasteiger partial charge in [0.05, 0.1) is 19.4 Å². The molecule has 2 aromatic heterocycles. The number of pyridine rings is 1. The molecule has 7 heteroatoms. The maximum absolute atomic E-state index is 12.0. The first-order valence-electron chi connectivity index (χ1n) is 7.71. The Morgan fingerprint density at radius 2 is 2.04 bits per heavy atom. The summed E-state index contributed by atoms with van der Waals surface area (Å²) in [4.78, 5) is 15.9. The zero-order chi connectivity index (χ0) is 17.5. The highest BCUT2D eigenvalue weighted by molar-refractivity contribution is 5.90. The van der Waals surface area contributed by atoms with Gasteiger partial charge in [-0.25, -0.2) is 4.68 Å². The normalized spacial score (nSPS) is 10.4. The number of amides is 1. The van der Waals surface area contributed by atoms with Gasteiger partial charge in [0.25, 0.3) is 5.91 Å². The first-order chi connectivity index (χ1) is 12.2. The van der Waals surface area contributed by atoms with Gasteiger partial charge in [-0.2, -0.15) is 5.10 Å². The summed E-state index contributed by atoms with van der Waals surface area (Å²) in [6.45, 7) is 0.273. The molecule has 0 radical (unpaired) electrons. The molecule has 7 nitrogen and oxygen atoms in total. The second kappa shape index (κ2) is 8.07. The molecule has 0 aliphatic heterocycles. The Balaban J connectivity index is 1.49. The van der Waals surface area contributed by atoms with Crippen LogP contribution in [-0.4, -0.2) is 34.4 Å². The third kappa shape index (κ3) is 4.65. The Bertz CT molecular complexity index is 833. The molecular formula is C18H18N4O3. The van der Waals surface area contributed by atoms with E-state index in [4.69, 9.17) is 9.47 Å². The van der Waals surface area contributed by atoms with Gasteiger partial charge in [0, 0.05) is 24.7 Å². The first kappa shape index (κ1) is 16.7. The Morgan fingerprint density at radius 1 is 1.20 bits per heavy atom. The van der Waals surface area contributed by atoms with Gasteiger partial charge in [-0.1, -0.05) is 12.1 Å². The van der Waals surface area contributed by atoms with Crippen molar-refractivity contribution in [3.63, 3.8) is 0 Å². The minimum atomic E-state index is -0.261. The summed E-state index contributed by atoms with van der Waals surface area (Å²) >= 11 is 0. The Labute approximate surface area is 145 Å². The van der Waals surface area contributed by atoms with Gasteiger partial charge < -0.3 is 14.8 Å². The van der Waals surface area contributed by atoms with Crippen molar-refractivity contribution < 1.29 is 14.3 Å². The number of hydrogen-bond donors (Lipinski definition) is 1. The van der Waals surface area contributed by atoms with Crippen LogP contribution >= 0.6 is 0 Å². The van der Waals surface area contributed by atoms with Crippen molar-refractivity contribution in [2.75, 3.05) is 19.0 Å². The van der Waals surface area contributed by atoms with Gasteiger partial charge in [-0.15, -0.1) is 0 Å². The highest BCUT2D eigenvalue weighted by Crippen LogP contribution is 2.13. The molecule has 0 unspecified atom stereocenters. The molecular weight excluding hydrogens is 320 g/mol. The average Bonchev–Trinajstić information content (AvgIpc) is 3.11. The molecule has 1 N–H and O–H groups in total. The van der Waals surface area contributed by atoms with Crippen LogP contribution < -0.4 is 10.1 Å². The fourth-order valence-electron chi connectivity index (χ4n) is 2.23. The third-order valence-electron chi connectivity index (χ3n) is 3.42. The predicted molar refractivity (Wildman–Crippen MR) is 92.6 cm³/mol. The van der Waals surface area contributed by atoms with Crippen LogP contribution in [0.4, 0.5) is 5.82 Å². The van der Waals surface area contributed by atoms with E-state index in [0.29, 0.717) is 12.4 Å². The van der Waals surface area contributed by atoms with E-state index in [9.17, 15) is 4.79 Å². The van der Waals surface area contributed by atoms with Crippen LogP contribution in [0.3, 0.4) is 0 Å². The molecule has 0 bridgehead atoms. The zero-order valence-corrected chi connectivity index (χ0v) is 13.8. The smallest absolute Gasteiger partial charge is 0.251 e. The van der Waals surface area contributed by atoms with Crippen LogP contribution in [0.5, 0.6) is 5.75 Å². The summed E-state index contributed by atoms with van der Waals surface area (Å²) in [6, 6.07) is 12.9. The monoisotopic (exact) mass is 338 g/mol. The van der Waals surface area contributed by atoms with Crippen LogP contribution in [0.15, 0.2) is 61.1 Å². The van der Waals surface area contributed by atoms with Crippen LogP contribution in [0.1, 0.15) is 5.56 Å². The van der Waals surface area contributed by atoms with E-state index in [1.54, 1.807) is 36.4 Å². The Kier molecular flexibility index (Phi) is 5.38. The van der Waals surface area contributed by atoms with E-state index in [1.807, 2.05) is 36.4 Å². The van der Waals surface area contributed by atoms with Crippen LogP contribution in [0.25, 0.3) is 5.69 Å². The highest BCUT2D eigenvalue weighted by Gasteiger charge is 2.06. The number of aromatic nitrogens is 3. The van der Waals surface area contributed by atoms with Gasteiger partial charge in [0.2, 0.25) is 0 Å². The van der Waals surface area contributed by atoms with Crippen molar-refractivity contribution in [2.24, 2.45) is 0 Å². The number of benzene rings is 1. The summed E-state index contributed by atoms with van der Waals surface area (Å²) in [7, 11) is 1.61. The SMILES string of the molecule is COc1cccc(COCC(=O)Nc2ccn(-c3ccncc3)n2)c1. The number of carbonyl (C=O) groups is 1. The number of hydrogen-bond acceptors (Lipinski definition) is 5. The third-order valence-corrected chi connectivity index (χ3v) is 3.42. The van der Waals surface area contributed by atoms with Crippen molar-refractivity contribution >= 4 is 11.7 Å². The topological polar surface area (TPSA) is 78.3 Å². The van der Waals surface area contributed by atoms with E-state index < -0.39 is 0 Å². The first-order valence-corrected chi connectivity index (χ1v) is 7.71. The lowest BCUT2D eigenvalue weighted by Gasteiger charge is -2.06. The van der Waals surface area contributed by atoms with Gasteiger partial charge in [0.1, 0.15) is 12.4 Å². The molecule has 0 aliphatic rings. The second-order valence-corrected chi connectivity index (χ2v) is 5.24. The second-order valence-electron chi connectivity index (χ2n) is 5.24. The van der Waals surface area contributed by atoms with Gasteiger partial charge in [-0.05, 0) is 29.8 Å². The van der Waals surface area contributed by atoms with E-state index in [2.05, 4.69) is 15.4 Å². The summed E-state index contributed by atoms with van der Waals surface area (Å²) in [5.74, 6) is 0.960. The largest absolute Gasteiger partial charge is 0.497 e. The number of carbonyl (C=O) groups excluding carboxylic acids is 1. The molecule has 128 valence electrons. The molecule has 25 heavy (non-hydrogen) atoms. The highest BCUT2D eigenvalue weighted by atomic mass is 16.5. The van der Waals surface area contributed by atoms with Crippen molar-refractivity contribution in [1.29, 1.82) is 0 Å². The number of nitrogens with zero attached hydrogens (tertiary/aromatic N) is 3. The fourth-order valence-corrected chi connectivity index (χ4v) is 2.23. The minimum absolute atomic E-state index is 0.0562. The fraction of sp³-hybridized carbons (Fsp3) is 0.167. The summed E-state index contributed by atoms with van der Waals surface area (Å²) in [5.41, 5.74) is 1.80. The van der Waals surface area contributed by atoms with Gasteiger partial charge in [-0.3, -0.25) is 9.78 Å². The van der Waals surface area contributed by atoms with E-state index in [0.717, 1.165) is 17.0 Å². The molecule has 0 fully saturated rings. The molecule has 0 saturated heterocycles.